The lowest BCUT2D eigenvalue weighted by molar-refractivity contribution is 0.318. The van der Waals surface area contributed by atoms with Crippen LogP contribution < -0.4 is 5.73 Å². The molecule has 0 atom stereocenters. The zero-order valence-corrected chi connectivity index (χ0v) is 10.6. The first-order valence-corrected chi connectivity index (χ1v) is 6.86. The van der Waals surface area contributed by atoms with Crippen LogP contribution in [-0.4, -0.2) is 45.5 Å². The van der Waals surface area contributed by atoms with E-state index in [4.69, 9.17) is 10.9 Å². The molecule has 0 aliphatic carbocycles. The van der Waals surface area contributed by atoms with Crippen LogP contribution in [0.25, 0.3) is 5.82 Å². The van der Waals surface area contributed by atoms with Crippen molar-refractivity contribution in [3.8, 4) is 5.82 Å². The number of nitrogens with two attached hydrogens (primary N) is 1. The fraction of sp³-hybridized carbons (Fsp3) is 0.111. The van der Waals surface area contributed by atoms with Crippen molar-refractivity contribution >= 4 is 15.7 Å². The van der Waals surface area contributed by atoms with Gasteiger partial charge in [0.25, 0.3) is 0 Å². The van der Waals surface area contributed by atoms with E-state index in [2.05, 4.69) is 20.2 Å². The number of hydrogen-bond acceptors (Lipinski definition) is 7. The van der Waals surface area contributed by atoms with Crippen LogP contribution in [0.3, 0.4) is 0 Å². The first-order chi connectivity index (χ1) is 8.91. The zero-order valence-electron chi connectivity index (χ0n) is 9.79. The molecule has 0 radical (unpaired) electrons. The molecule has 0 aliphatic heterocycles. The van der Waals surface area contributed by atoms with Crippen molar-refractivity contribution in [1.29, 1.82) is 0 Å². The van der Waals surface area contributed by atoms with Crippen molar-refractivity contribution in [3.05, 3.63) is 30.5 Å². The maximum absolute atomic E-state index is 11.3. The fourth-order valence-corrected chi connectivity index (χ4v) is 1.82. The third-order valence-electron chi connectivity index (χ3n) is 2.24. The van der Waals surface area contributed by atoms with Crippen LogP contribution in [0.2, 0.25) is 0 Å². The van der Waals surface area contributed by atoms with Gasteiger partial charge in [0.2, 0.25) is 0 Å². The van der Waals surface area contributed by atoms with Crippen LogP contribution in [0.15, 0.2) is 34.8 Å². The van der Waals surface area contributed by atoms with Gasteiger partial charge < -0.3 is 10.9 Å². The Balaban J connectivity index is 2.46. The second kappa shape index (κ2) is 4.65. The lowest BCUT2D eigenvalue weighted by atomic mass is 10.3. The van der Waals surface area contributed by atoms with Crippen LogP contribution in [0.5, 0.6) is 0 Å². The van der Waals surface area contributed by atoms with Crippen molar-refractivity contribution in [2.45, 2.75) is 4.90 Å². The Hall–Kier alpha value is -2.49. The molecule has 0 aliphatic rings. The minimum Gasteiger partial charge on any atom is -0.409 e. The molecule has 0 aromatic carbocycles. The van der Waals surface area contributed by atoms with E-state index in [-0.39, 0.29) is 16.4 Å². The summed E-state index contributed by atoms with van der Waals surface area (Å²) in [6, 6.07) is 1.41. The van der Waals surface area contributed by atoms with Crippen LogP contribution >= 0.6 is 0 Å². The number of oxime groups is 1. The summed E-state index contributed by atoms with van der Waals surface area (Å²) in [4.78, 5) is 7.80. The predicted octanol–water partition coefficient (Wildman–Crippen LogP) is -0.840. The summed E-state index contributed by atoms with van der Waals surface area (Å²) in [5.41, 5.74) is 5.60. The third kappa shape index (κ3) is 2.68. The van der Waals surface area contributed by atoms with Crippen LogP contribution in [0.4, 0.5) is 0 Å². The lowest BCUT2D eigenvalue weighted by Crippen LogP contribution is -2.16. The predicted molar refractivity (Wildman–Crippen MR) is 64.8 cm³/mol. The van der Waals surface area contributed by atoms with Crippen molar-refractivity contribution in [2.24, 2.45) is 10.9 Å². The Bertz CT molecular complexity index is 736. The SMILES string of the molecule is CS(=O)(=O)c1cnn(-c2cc(/C(N)=N/O)ncn2)c1. The van der Waals surface area contributed by atoms with Gasteiger partial charge in [-0.1, -0.05) is 5.16 Å². The van der Waals surface area contributed by atoms with Crippen LogP contribution in [-0.2, 0) is 9.84 Å². The van der Waals surface area contributed by atoms with Gasteiger partial charge in [-0.3, -0.25) is 0 Å². The van der Waals surface area contributed by atoms with E-state index in [0.29, 0.717) is 5.82 Å². The van der Waals surface area contributed by atoms with E-state index < -0.39 is 9.84 Å². The molecule has 100 valence electrons. The third-order valence-corrected chi connectivity index (χ3v) is 3.31. The van der Waals surface area contributed by atoms with Gasteiger partial charge in [0.15, 0.2) is 21.5 Å². The quantitative estimate of drug-likeness (QED) is 0.324. The average Bonchev–Trinajstić information content (AvgIpc) is 2.87. The van der Waals surface area contributed by atoms with Gasteiger partial charge in [0.05, 0.1) is 12.4 Å². The summed E-state index contributed by atoms with van der Waals surface area (Å²) in [5, 5.41) is 15.3. The molecule has 0 amide bonds. The first kappa shape index (κ1) is 13.0. The van der Waals surface area contributed by atoms with Gasteiger partial charge in [-0.25, -0.2) is 23.1 Å². The highest BCUT2D eigenvalue weighted by Gasteiger charge is 2.12. The van der Waals surface area contributed by atoms with Gasteiger partial charge in [-0.2, -0.15) is 5.10 Å². The van der Waals surface area contributed by atoms with E-state index in [9.17, 15) is 8.42 Å². The monoisotopic (exact) mass is 282 g/mol. The van der Waals surface area contributed by atoms with E-state index in [1.807, 2.05) is 0 Å². The molecule has 0 spiro atoms. The number of amidine groups is 1. The Morgan fingerprint density at radius 2 is 2.21 bits per heavy atom. The number of rotatable bonds is 3. The second-order valence-corrected chi connectivity index (χ2v) is 5.66. The highest BCUT2D eigenvalue weighted by atomic mass is 32.2. The molecule has 2 aromatic rings. The molecule has 2 heterocycles. The molecular formula is C9H10N6O3S. The molecule has 0 fully saturated rings. The van der Waals surface area contributed by atoms with Crippen molar-refractivity contribution < 1.29 is 13.6 Å². The smallest absolute Gasteiger partial charge is 0.188 e. The number of hydrogen-bond donors (Lipinski definition) is 2. The maximum atomic E-state index is 11.3. The summed E-state index contributed by atoms with van der Waals surface area (Å²) in [6.07, 6.45) is 4.80. The number of sulfone groups is 1. The van der Waals surface area contributed by atoms with Crippen molar-refractivity contribution in [3.63, 3.8) is 0 Å². The molecule has 10 heteroatoms. The fourth-order valence-electron chi connectivity index (χ4n) is 1.29. The molecule has 19 heavy (non-hydrogen) atoms. The van der Waals surface area contributed by atoms with E-state index >= 15 is 0 Å². The molecule has 9 nitrogen and oxygen atoms in total. The van der Waals surface area contributed by atoms with Gasteiger partial charge in [-0.05, 0) is 0 Å². The Morgan fingerprint density at radius 1 is 1.47 bits per heavy atom. The van der Waals surface area contributed by atoms with E-state index in [0.717, 1.165) is 6.26 Å². The molecule has 0 saturated carbocycles. The van der Waals surface area contributed by atoms with Crippen molar-refractivity contribution in [1.82, 2.24) is 19.7 Å². The van der Waals surface area contributed by atoms with Crippen LogP contribution in [0.1, 0.15) is 5.69 Å². The van der Waals surface area contributed by atoms with Gasteiger partial charge in [0, 0.05) is 12.3 Å². The number of nitrogens with zero attached hydrogens (tertiary/aromatic N) is 5. The van der Waals surface area contributed by atoms with E-state index in [1.54, 1.807) is 0 Å². The molecular weight excluding hydrogens is 272 g/mol. The maximum Gasteiger partial charge on any atom is 0.188 e. The highest BCUT2D eigenvalue weighted by Crippen LogP contribution is 2.10. The minimum atomic E-state index is -3.34. The summed E-state index contributed by atoms with van der Waals surface area (Å²) in [6.45, 7) is 0. The van der Waals surface area contributed by atoms with Gasteiger partial charge in [0.1, 0.15) is 16.9 Å². The lowest BCUT2D eigenvalue weighted by Gasteiger charge is -2.01. The summed E-state index contributed by atoms with van der Waals surface area (Å²) in [7, 11) is -3.34. The first-order valence-electron chi connectivity index (χ1n) is 4.97. The standard InChI is InChI=1S/C9H10N6O3S/c1-19(17,18)6-3-13-15(4-6)8-2-7(9(10)14-16)11-5-12-8/h2-5,16H,1H3,(H2,10,14). The molecule has 0 unspecified atom stereocenters. The topological polar surface area (TPSA) is 136 Å². The molecule has 3 N–H and O–H groups in total. The van der Waals surface area contributed by atoms with Gasteiger partial charge >= 0.3 is 0 Å². The molecule has 0 saturated heterocycles. The summed E-state index contributed by atoms with van der Waals surface area (Å²) >= 11 is 0. The largest absolute Gasteiger partial charge is 0.409 e. The molecule has 2 aromatic heterocycles. The molecule has 0 bridgehead atoms. The summed E-state index contributed by atoms with van der Waals surface area (Å²) < 4.78 is 23.9. The zero-order chi connectivity index (χ0) is 14.0. The Morgan fingerprint density at radius 3 is 2.79 bits per heavy atom. The summed E-state index contributed by atoms with van der Waals surface area (Å²) in [5.74, 6) is 0.116. The normalized spacial score (nSPS) is 12.6. The minimum absolute atomic E-state index is 0.0662. The van der Waals surface area contributed by atoms with Gasteiger partial charge in [-0.15, -0.1) is 0 Å². The van der Waals surface area contributed by atoms with E-state index in [1.165, 1.54) is 29.5 Å². The second-order valence-electron chi connectivity index (χ2n) is 3.64. The Labute approximate surface area is 108 Å². The number of aromatic nitrogens is 4. The average molecular weight is 282 g/mol. The molecule has 2 rings (SSSR count). The Kier molecular flexibility index (Phi) is 3.17. The van der Waals surface area contributed by atoms with Crippen LogP contribution in [0, 0.1) is 0 Å². The highest BCUT2D eigenvalue weighted by molar-refractivity contribution is 7.90. The van der Waals surface area contributed by atoms with Crippen molar-refractivity contribution in [2.75, 3.05) is 6.26 Å².